The van der Waals surface area contributed by atoms with Crippen LogP contribution in [-0.2, 0) is 11.3 Å². The highest BCUT2D eigenvalue weighted by Gasteiger charge is 2.23. The molecule has 1 aliphatic rings. The van der Waals surface area contributed by atoms with Crippen LogP contribution in [0.15, 0.2) is 67.0 Å². The zero-order valence-corrected chi connectivity index (χ0v) is 12.4. The number of benzene rings is 2. The highest BCUT2D eigenvalue weighted by molar-refractivity contribution is 6.34. The molecule has 1 amide bonds. The van der Waals surface area contributed by atoms with Crippen molar-refractivity contribution in [2.75, 3.05) is 5.32 Å². The van der Waals surface area contributed by atoms with E-state index in [2.05, 4.69) is 22.5 Å². The third-order valence-corrected chi connectivity index (χ3v) is 3.86. The second kappa shape index (κ2) is 5.57. The van der Waals surface area contributed by atoms with Crippen LogP contribution in [0, 0.1) is 0 Å². The Bertz CT molecular complexity index is 894. The number of hydrogen-bond acceptors (Lipinski definition) is 2. The first kappa shape index (κ1) is 13.5. The van der Waals surface area contributed by atoms with Crippen LogP contribution in [0.5, 0.6) is 0 Å². The number of hydrogen-bond donors (Lipinski definition) is 1. The first-order valence-electron chi connectivity index (χ1n) is 7.48. The van der Waals surface area contributed by atoms with Gasteiger partial charge in [0.05, 0.1) is 12.7 Å². The van der Waals surface area contributed by atoms with Crippen LogP contribution in [-0.4, -0.2) is 15.7 Å². The normalized spacial score (nSPS) is 14.8. The van der Waals surface area contributed by atoms with Crippen molar-refractivity contribution in [3.05, 3.63) is 83.7 Å². The lowest BCUT2D eigenvalue weighted by molar-refractivity contribution is -0.110. The molecule has 0 bridgehead atoms. The first-order chi connectivity index (χ1) is 11.3. The monoisotopic (exact) mass is 301 g/mol. The molecule has 0 fully saturated rings. The van der Waals surface area contributed by atoms with Crippen molar-refractivity contribution in [3.8, 4) is 0 Å². The maximum Gasteiger partial charge on any atom is 0.256 e. The molecule has 2 heterocycles. The van der Waals surface area contributed by atoms with Gasteiger partial charge in [-0.25, -0.2) is 0 Å². The van der Waals surface area contributed by atoms with Crippen LogP contribution < -0.4 is 5.32 Å². The van der Waals surface area contributed by atoms with Crippen LogP contribution in [0.3, 0.4) is 0 Å². The third-order valence-electron chi connectivity index (χ3n) is 3.86. The van der Waals surface area contributed by atoms with Gasteiger partial charge in [-0.2, -0.15) is 5.10 Å². The van der Waals surface area contributed by atoms with Gasteiger partial charge in [0.2, 0.25) is 0 Å². The molecule has 0 spiro atoms. The molecule has 0 atom stereocenters. The molecule has 0 saturated heterocycles. The molecule has 1 aromatic heterocycles. The topological polar surface area (TPSA) is 46.9 Å². The standard InChI is InChI=1S/C19H15N3O/c23-19-17(16-8-4-5-9-18(16)21-19)10-15-11-20-22(13-15)12-14-6-2-1-3-7-14/h1-11,13H,12H2,(H,21,23). The Morgan fingerprint density at radius 1 is 1.04 bits per heavy atom. The molecule has 0 aliphatic carbocycles. The summed E-state index contributed by atoms with van der Waals surface area (Å²) in [5, 5.41) is 7.25. The Morgan fingerprint density at radius 3 is 2.70 bits per heavy atom. The fourth-order valence-corrected chi connectivity index (χ4v) is 2.76. The molecule has 3 aromatic rings. The van der Waals surface area contributed by atoms with Gasteiger partial charge in [-0.1, -0.05) is 48.5 Å². The van der Waals surface area contributed by atoms with Crippen molar-refractivity contribution in [2.24, 2.45) is 0 Å². The number of nitrogens with zero attached hydrogens (tertiary/aromatic N) is 2. The summed E-state index contributed by atoms with van der Waals surface area (Å²) in [7, 11) is 0. The van der Waals surface area contributed by atoms with E-state index in [1.165, 1.54) is 5.56 Å². The van der Waals surface area contributed by atoms with Crippen LogP contribution in [0.2, 0.25) is 0 Å². The van der Waals surface area contributed by atoms with Crippen molar-refractivity contribution in [1.82, 2.24) is 9.78 Å². The minimum absolute atomic E-state index is 0.0676. The lowest BCUT2D eigenvalue weighted by Crippen LogP contribution is -2.03. The van der Waals surface area contributed by atoms with Crippen molar-refractivity contribution in [2.45, 2.75) is 6.54 Å². The van der Waals surface area contributed by atoms with Gasteiger partial charge in [0, 0.05) is 28.6 Å². The number of para-hydroxylation sites is 1. The van der Waals surface area contributed by atoms with E-state index in [1.807, 2.05) is 59.4 Å². The highest BCUT2D eigenvalue weighted by atomic mass is 16.2. The molecule has 4 rings (SSSR count). The smallest absolute Gasteiger partial charge is 0.256 e. The molecule has 4 nitrogen and oxygen atoms in total. The van der Waals surface area contributed by atoms with E-state index >= 15 is 0 Å². The van der Waals surface area contributed by atoms with Gasteiger partial charge in [-0.3, -0.25) is 9.48 Å². The van der Waals surface area contributed by atoms with Gasteiger partial charge in [0.25, 0.3) is 5.91 Å². The zero-order chi connectivity index (χ0) is 15.6. The van der Waals surface area contributed by atoms with Gasteiger partial charge in [0.15, 0.2) is 0 Å². The van der Waals surface area contributed by atoms with Crippen LogP contribution >= 0.6 is 0 Å². The average molecular weight is 301 g/mol. The summed E-state index contributed by atoms with van der Waals surface area (Å²) in [5.74, 6) is -0.0676. The first-order valence-corrected chi connectivity index (χ1v) is 7.48. The Hall–Kier alpha value is -3.14. The van der Waals surface area contributed by atoms with E-state index in [1.54, 1.807) is 6.20 Å². The van der Waals surface area contributed by atoms with Crippen molar-refractivity contribution in [3.63, 3.8) is 0 Å². The molecular formula is C19H15N3O. The number of aromatic nitrogens is 2. The van der Waals surface area contributed by atoms with Gasteiger partial charge in [-0.05, 0) is 17.7 Å². The van der Waals surface area contributed by atoms with Gasteiger partial charge in [0.1, 0.15) is 0 Å². The molecule has 1 N–H and O–H groups in total. The fourth-order valence-electron chi connectivity index (χ4n) is 2.76. The Labute approximate surface area is 134 Å². The van der Waals surface area contributed by atoms with Gasteiger partial charge in [-0.15, -0.1) is 0 Å². The summed E-state index contributed by atoms with van der Waals surface area (Å²) in [5.41, 5.74) is 4.59. The summed E-state index contributed by atoms with van der Waals surface area (Å²) in [4.78, 5) is 12.1. The molecule has 0 unspecified atom stereocenters. The third kappa shape index (κ3) is 2.66. The molecule has 4 heteroatoms. The zero-order valence-electron chi connectivity index (χ0n) is 12.4. The van der Waals surface area contributed by atoms with E-state index in [9.17, 15) is 4.79 Å². The average Bonchev–Trinajstić information content (AvgIpc) is 3.14. The lowest BCUT2D eigenvalue weighted by Gasteiger charge is -2.00. The number of carbonyl (C=O) groups is 1. The number of amides is 1. The molecule has 2 aromatic carbocycles. The van der Waals surface area contributed by atoms with E-state index in [0.29, 0.717) is 12.1 Å². The second-order valence-electron chi connectivity index (χ2n) is 5.51. The Kier molecular flexibility index (Phi) is 3.27. The number of nitrogens with one attached hydrogen (secondary N) is 1. The summed E-state index contributed by atoms with van der Waals surface area (Å²) in [6, 6.07) is 17.9. The molecule has 1 aliphatic heterocycles. The predicted molar refractivity (Wildman–Crippen MR) is 90.7 cm³/mol. The predicted octanol–water partition coefficient (Wildman–Crippen LogP) is 3.42. The minimum Gasteiger partial charge on any atom is -0.321 e. The quantitative estimate of drug-likeness (QED) is 0.753. The van der Waals surface area contributed by atoms with Crippen LogP contribution in [0.4, 0.5) is 5.69 Å². The van der Waals surface area contributed by atoms with Crippen molar-refractivity contribution >= 4 is 23.2 Å². The number of fused-ring (bicyclic) bond motifs is 1. The maximum atomic E-state index is 12.1. The molecule has 112 valence electrons. The molecule has 23 heavy (non-hydrogen) atoms. The molecular weight excluding hydrogens is 286 g/mol. The second-order valence-corrected chi connectivity index (χ2v) is 5.51. The molecule has 0 radical (unpaired) electrons. The summed E-state index contributed by atoms with van der Waals surface area (Å²) >= 11 is 0. The summed E-state index contributed by atoms with van der Waals surface area (Å²) in [6.07, 6.45) is 5.62. The summed E-state index contributed by atoms with van der Waals surface area (Å²) < 4.78 is 1.88. The van der Waals surface area contributed by atoms with E-state index in [-0.39, 0.29) is 5.91 Å². The largest absolute Gasteiger partial charge is 0.321 e. The van der Waals surface area contributed by atoms with Crippen molar-refractivity contribution in [1.29, 1.82) is 0 Å². The summed E-state index contributed by atoms with van der Waals surface area (Å²) in [6.45, 7) is 0.715. The number of anilines is 1. The van der Waals surface area contributed by atoms with E-state index in [4.69, 9.17) is 0 Å². The van der Waals surface area contributed by atoms with Gasteiger partial charge < -0.3 is 5.32 Å². The Balaban J connectivity index is 1.61. The SMILES string of the molecule is O=C1Nc2ccccc2C1=Cc1cnn(Cc2ccccc2)c1. The van der Waals surface area contributed by atoms with Crippen molar-refractivity contribution < 1.29 is 4.79 Å². The van der Waals surface area contributed by atoms with E-state index < -0.39 is 0 Å². The molecule has 0 saturated carbocycles. The fraction of sp³-hybridized carbons (Fsp3) is 0.0526. The minimum atomic E-state index is -0.0676. The van der Waals surface area contributed by atoms with Crippen LogP contribution in [0.1, 0.15) is 16.7 Å². The Morgan fingerprint density at radius 2 is 1.83 bits per heavy atom. The highest BCUT2D eigenvalue weighted by Crippen LogP contribution is 2.32. The number of rotatable bonds is 3. The van der Waals surface area contributed by atoms with E-state index in [0.717, 1.165) is 16.8 Å². The number of carbonyl (C=O) groups excluding carboxylic acids is 1. The van der Waals surface area contributed by atoms with Gasteiger partial charge >= 0.3 is 0 Å². The lowest BCUT2D eigenvalue weighted by atomic mass is 10.1. The van der Waals surface area contributed by atoms with Crippen LogP contribution in [0.25, 0.3) is 11.6 Å². The maximum absolute atomic E-state index is 12.1.